The first kappa shape index (κ1) is 17.3. The van der Waals surface area contributed by atoms with Crippen LogP contribution in [0.1, 0.15) is 10.4 Å². The van der Waals surface area contributed by atoms with E-state index >= 15 is 0 Å². The number of esters is 1. The summed E-state index contributed by atoms with van der Waals surface area (Å²) >= 11 is 1.02. The Hall–Kier alpha value is -2.54. The molecule has 5 nitrogen and oxygen atoms in total. The number of thioether (sulfide) groups is 1. The van der Waals surface area contributed by atoms with Gasteiger partial charge < -0.3 is 14.2 Å². The van der Waals surface area contributed by atoms with E-state index in [9.17, 15) is 14.0 Å². The molecule has 0 aliphatic carbocycles. The van der Waals surface area contributed by atoms with E-state index in [1.807, 2.05) is 0 Å². The molecule has 0 radical (unpaired) electrons. The number of hydrogen-bond donors (Lipinski definition) is 0. The minimum atomic E-state index is -0.584. The van der Waals surface area contributed by atoms with E-state index in [4.69, 9.17) is 14.2 Å². The second-order valence-electron chi connectivity index (χ2n) is 5.16. The number of carbonyl (C=O) groups excluding carboxylic acids is 2. The lowest BCUT2D eigenvalue weighted by Gasteiger charge is -2.18. The van der Waals surface area contributed by atoms with E-state index in [1.54, 1.807) is 36.4 Å². The van der Waals surface area contributed by atoms with Crippen LogP contribution in [0.3, 0.4) is 0 Å². The van der Waals surface area contributed by atoms with Crippen molar-refractivity contribution in [2.75, 3.05) is 25.6 Å². The molecule has 0 saturated carbocycles. The first-order valence-corrected chi connectivity index (χ1v) is 8.58. The average molecular weight is 362 g/mol. The van der Waals surface area contributed by atoms with E-state index in [2.05, 4.69) is 0 Å². The monoisotopic (exact) mass is 362 g/mol. The third-order valence-corrected chi connectivity index (χ3v) is 4.43. The van der Waals surface area contributed by atoms with Gasteiger partial charge in [-0.3, -0.25) is 9.59 Å². The number of carbonyl (C=O) groups is 2. The molecule has 0 aromatic heterocycles. The van der Waals surface area contributed by atoms with Crippen molar-refractivity contribution in [3.63, 3.8) is 0 Å². The fourth-order valence-electron chi connectivity index (χ4n) is 2.19. The Morgan fingerprint density at radius 2 is 1.84 bits per heavy atom. The third-order valence-electron chi connectivity index (χ3n) is 3.41. The van der Waals surface area contributed by atoms with Crippen molar-refractivity contribution in [1.82, 2.24) is 0 Å². The minimum absolute atomic E-state index is 0.0741. The highest BCUT2D eigenvalue weighted by atomic mass is 32.2. The summed E-state index contributed by atoms with van der Waals surface area (Å²) in [7, 11) is 0. The molecule has 0 bridgehead atoms. The maximum atomic E-state index is 13.5. The number of fused-ring (bicyclic) bond motifs is 1. The van der Waals surface area contributed by atoms with Crippen molar-refractivity contribution in [1.29, 1.82) is 0 Å². The number of halogens is 1. The van der Waals surface area contributed by atoms with Crippen LogP contribution in [0.5, 0.6) is 11.5 Å². The quantitative estimate of drug-likeness (QED) is 0.447. The highest BCUT2D eigenvalue weighted by molar-refractivity contribution is 8.00. The van der Waals surface area contributed by atoms with E-state index in [0.29, 0.717) is 35.2 Å². The summed E-state index contributed by atoms with van der Waals surface area (Å²) in [6.07, 6.45) is 0. The Bertz CT molecular complexity index is 793. The van der Waals surface area contributed by atoms with Crippen molar-refractivity contribution in [2.24, 2.45) is 0 Å². The van der Waals surface area contributed by atoms with Crippen LogP contribution in [0.4, 0.5) is 4.39 Å². The fourth-order valence-corrected chi connectivity index (χ4v) is 2.92. The van der Waals surface area contributed by atoms with Gasteiger partial charge in [0.25, 0.3) is 0 Å². The average Bonchev–Trinajstić information content (AvgIpc) is 2.65. The first-order valence-electron chi connectivity index (χ1n) is 7.59. The van der Waals surface area contributed by atoms with Gasteiger partial charge in [0.05, 0.1) is 5.75 Å². The van der Waals surface area contributed by atoms with Crippen LogP contribution in [-0.4, -0.2) is 37.3 Å². The highest BCUT2D eigenvalue weighted by Gasteiger charge is 2.16. The Labute approximate surface area is 148 Å². The number of rotatable bonds is 6. The lowest BCUT2D eigenvalue weighted by atomic mass is 10.1. The molecule has 1 aliphatic heterocycles. The number of hydrogen-bond acceptors (Lipinski definition) is 6. The number of ketones is 1. The summed E-state index contributed by atoms with van der Waals surface area (Å²) in [5.74, 6) is -0.317. The molecule has 2 aromatic carbocycles. The molecule has 0 unspecified atom stereocenters. The predicted octanol–water partition coefficient (Wildman–Crippen LogP) is 3.12. The summed E-state index contributed by atoms with van der Waals surface area (Å²) in [6.45, 7) is 0.515. The molecular formula is C18H15FO5S. The van der Waals surface area contributed by atoms with Crippen LogP contribution in [-0.2, 0) is 9.53 Å². The van der Waals surface area contributed by atoms with Crippen molar-refractivity contribution in [2.45, 2.75) is 4.90 Å². The molecule has 1 aliphatic rings. The lowest BCUT2D eigenvalue weighted by Crippen LogP contribution is -2.18. The summed E-state index contributed by atoms with van der Waals surface area (Å²) in [6, 6.07) is 11.0. The molecule has 130 valence electrons. The van der Waals surface area contributed by atoms with Crippen LogP contribution in [0.2, 0.25) is 0 Å². The van der Waals surface area contributed by atoms with Crippen LogP contribution in [0.25, 0.3) is 0 Å². The molecular weight excluding hydrogens is 347 g/mol. The molecule has 25 heavy (non-hydrogen) atoms. The van der Waals surface area contributed by atoms with E-state index in [1.165, 1.54) is 6.07 Å². The topological polar surface area (TPSA) is 61.8 Å². The Kier molecular flexibility index (Phi) is 5.55. The summed E-state index contributed by atoms with van der Waals surface area (Å²) < 4.78 is 29.2. The number of ether oxygens (including phenoxy) is 3. The molecule has 2 aromatic rings. The van der Waals surface area contributed by atoms with Crippen LogP contribution >= 0.6 is 11.8 Å². The first-order chi connectivity index (χ1) is 12.1. The van der Waals surface area contributed by atoms with E-state index in [-0.39, 0.29) is 18.1 Å². The minimum Gasteiger partial charge on any atom is -0.486 e. The normalized spacial score (nSPS) is 12.5. The van der Waals surface area contributed by atoms with Crippen LogP contribution in [0.15, 0.2) is 47.4 Å². The predicted molar refractivity (Wildman–Crippen MR) is 89.8 cm³/mol. The van der Waals surface area contributed by atoms with E-state index in [0.717, 1.165) is 11.8 Å². The van der Waals surface area contributed by atoms with Crippen molar-refractivity contribution < 1.29 is 28.2 Å². The second-order valence-corrected chi connectivity index (χ2v) is 6.18. The molecule has 0 spiro atoms. The summed E-state index contributed by atoms with van der Waals surface area (Å²) in [4.78, 5) is 24.2. The van der Waals surface area contributed by atoms with Gasteiger partial charge in [-0.25, -0.2) is 4.39 Å². The number of benzene rings is 2. The maximum Gasteiger partial charge on any atom is 0.316 e. The summed E-state index contributed by atoms with van der Waals surface area (Å²) in [5.41, 5.74) is 0.374. The molecule has 0 atom stereocenters. The molecule has 0 N–H and O–H groups in total. The van der Waals surface area contributed by atoms with Gasteiger partial charge in [-0.1, -0.05) is 12.1 Å². The van der Waals surface area contributed by atoms with Gasteiger partial charge in [-0.05, 0) is 30.3 Å². The fraction of sp³-hybridized carbons (Fsp3) is 0.222. The van der Waals surface area contributed by atoms with Gasteiger partial charge >= 0.3 is 5.97 Å². The Morgan fingerprint density at radius 1 is 1.08 bits per heavy atom. The van der Waals surface area contributed by atoms with Crippen LogP contribution in [0, 0.1) is 5.82 Å². The van der Waals surface area contributed by atoms with Gasteiger partial charge in [-0.2, -0.15) is 0 Å². The zero-order chi connectivity index (χ0) is 17.6. The molecule has 1 heterocycles. The van der Waals surface area contributed by atoms with Gasteiger partial charge in [0.1, 0.15) is 19.0 Å². The van der Waals surface area contributed by atoms with Crippen molar-refractivity contribution >= 4 is 23.5 Å². The van der Waals surface area contributed by atoms with Crippen molar-refractivity contribution in [3.8, 4) is 11.5 Å². The zero-order valence-electron chi connectivity index (χ0n) is 13.2. The number of Topliss-reactive ketones (excluding diaryl/α,β-unsaturated/α-hetero) is 1. The SMILES string of the molecule is O=C(CSc1ccccc1F)OCC(=O)c1ccc2c(c1)OCCO2. The highest BCUT2D eigenvalue weighted by Crippen LogP contribution is 2.30. The van der Waals surface area contributed by atoms with Gasteiger partial charge in [0.2, 0.25) is 0 Å². The van der Waals surface area contributed by atoms with Gasteiger partial charge in [0.15, 0.2) is 23.9 Å². The van der Waals surface area contributed by atoms with Gasteiger partial charge in [-0.15, -0.1) is 11.8 Å². The largest absolute Gasteiger partial charge is 0.486 e. The smallest absolute Gasteiger partial charge is 0.316 e. The zero-order valence-corrected chi connectivity index (χ0v) is 14.0. The van der Waals surface area contributed by atoms with E-state index < -0.39 is 11.8 Å². The standard InChI is InChI=1S/C18H15FO5S/c19-13-3-1-2-4-17(13)25-11-18(21)24-10-14(20)12-5-6-15-16(9-12)23-8-7-22-15/h1-6,9H,7-8,10-11H2. The molecule has 0 amide bonds. The molecule has 3 rings (SSSR count). The Balaban J connectivity index is 1.50. The molecule has 7 heteroatoms. The van der Waals surface area contributed by atoms with Gasteiger partial charge in [0, 0.05) is 10.5 Å². The lowest BCUT2D eigenvalue weighted by molar-refractivity contribution is -0.139. The van der Waals surface area contributed by atoms with Crippen LogP contribution < -0.4 is 9.47 Å². The third kappa shape index (κ3) is 4.51. The molecule has 0 saturated heterocycles. The summed E-state index contributed by atoms with van der Waals surface area (Å²) in [5, 5.41) is 0. The maximum absolute atomic E-state index is 13.5. The molecule has 0 fully saturated rings. The van der Waals surface area contributed by atoms with Crippen molar-refractivity contribution in [3.05, 3.63) is 53.8 Å². The Morgan fingerprint density at radius 3 is 2.64 bits per heavy atom. The second kappa shape index (κ2) is 8.02.